The standard InChI is InChI=1S/C14H13BrN2O3S/c1-8-13(21-9(2)16-8)14(19)20-7-12(18)17-11-5-3-10(15)4-6-11/h3-6H,7H2,1-2H3,(H,17,18). The predicted molar refractivity (Wildman–Crippen MR) is 84.6 cm³/mol. The number of esters is 1. The Labute approximate surface area is 134 Å². The summed E-state index contributed by atoms with van der Waals surface area (Å²) >= 11 is 4.57. The van der Waals surface area contributed by atoms with E-state index in [0.29, 0.717) is 16.3 Å². The van der Waals surface area contributed by atoms with Gasteiger partial charge in [0.1, 0.15) is 4.88 Å². The van der Waals surface area contributed by atoms with Crippen LogP contribution in [0.25, 0.3) is 0 Å². The van der Waals surface area contributed by atoms with Crippen LogP contribution in [0.5, 0.6) is 0 Å². The SMILES string of the molecule is Cc1nc(C)c(C(=O)OCC(=O)Nc2ccc(Br)cc2)s1. The molecule has 0 aliphatic carbocycles. The highest BCUT2D eigenvalue weighted by atomic mass is 79.9. The highest BCUT2D eigenvalue weighted by Gasteiger charge is 2.16. The quantitative estimate of drug-likeness (QED) is 0.840. The Balaban J connectivity index is 1.88. The number of anilines is 1. The third-order valence-corrected chi connectivity index (χ3v) is 4.13. The highest BCUT2D eigenvalue weighted by molar-refractivity contribution is 9.10. The van der Waals surface area contributed by atoms with Crippen molar-refractivity contribution in [1.82, 2.24) is 4.98 Å². The molecule has 0 aliphatic rings. The molecule has 110 valence electrons. The zero-order valence-corrected chi connectivity index (χ0v) is 13.9. The molecular formula is C14H13BrN2O3S. The number of aryl methyl sites for hydroxylation is 2. The fraction of sp³-hybridized carbons (Fsp3) is 0.214. The van der Waals surface area contributed by atoms with E-state index in [1.165, 1.54) is 11.3 Å². The number of benzene rings is 1. The molecule has 0 saturated heterocycles. The number of aromatic nitrogens is 1. The van der Waals surface area contributed by atoms with Gasteiger partial charge >= 0.3 is 5.97 Å². The number of nitrogens with one attached hydrogen (secondary N) is 1. The number of thiazole rings is 1. The average Bonchev–Trinajstić information content (AvgIpc) is 2.78. The maximum absolute atomic E-state index is 11.8. The Kier molecular flexibility index (Phi) is 5.08. The van der Waals surface area contributed by atoms with Crippen molar-refractivity contribution in [3.63, 3.8) is 0 Å². The van der Waals surface area contributed by atoms with Gasteiger partial charge in [0.05, 0.1) is 10.7 Å². The summed E-state index contributed by atoms with van der Waals surface area (Å²) < 4.78 is 5.91. The smallest absolute Gasteiger partial charge is 0.350 e. The molecule has 0 bridgehead atoms. The zero-order valence-electron chi connectivity index (χ0n) is 11.5. The lowest BCUT2D eigenvalue weighted by Gasteiger charge is -2.06. The topological polar surface area (TPSA) is 68.3 Å². The lowest BCUT2D eigenvalue weighted by Crippen LogP contribution is -2.20. The Morgan fingerprint density at radius 3 is 2.52 bits per heavy atom. The molecule has 7 heteroatoms. The number of carbonyl (C=O) groups excluding carboxylic acids is 2. The summed E-state index contributed by atoms with van der Waals surface area (Å²) in [4.78, 5) is 28.1. The molecule has 1 amide bonds. The van der Waals surface area contributed by atoms with Crippen molar-refractivity contribution >= 4 is 44.8 Å². The molecular weight excluding hydrogens is 356 g/mol. The summed E-state index contributed by atoms with van der Waals surface area (Å²) in [5.41, 5.74) is 1.26. The molecule has 1 aromatic carbocycles. The van der Waals surface area contributed by atoms with Crippen molar-refractivity contribution in [3.8, 4) is 0 Å². The van der Waals surface area contributed by atoms with Gasteiger partial charge in [-0.1, -0.05) is 15.9 Å². The van der Waals surface area contributed by atoms with Crippen LogP contribution in [0.1, 0.15) is 20.4 Å². The summed E-state index contributed by atoms with van der Waals surface area (Å²) in [5.74, 6) is -0.909. The number of hydrogen-bond acceptors (Lipinski definition) is 5. The Hall–Kier alpha value is -1.73. The molecule has 21 heavy (non-hydrogen) atoms. The van der Waals surface area contributed by atoms with Crippen molar-refractivity contribution < 1.29 is 14.3 Å². The monoisotopic (exact) mass is 368 g/mol. The molecule has 0 atom stereocenters. The van der Waals surface area contributed by atoms with Gasteiger partial charge in [0.15, 0.2) is 6.61 Å². The molecule has 1 heterocycles. The third-order valence-electron chi connectivity index (χ3n) is 2.55. The molecule has 0 fully saturated rings. The first-order chi connectivity index (χ1) is 9.95. The van der Waals surface area contributed by atoms with Crippen LogP contribution in [-0.2, 0) is 9.53 Å². The van der Waals surface area contributed by atoms with Crippen LogP contribution < -0.4 is 5.32 Å². The lowest BCUT2D eigenvalue weighted by atomic mass is 10.3. The van der Waals surface area contributed by atoms with Crippen LogP contribution >= 0.6 is 27.3 Å². The maximum Gasteiger partial charge on any atom is 0.350 e. The summed E-state index contributed by atoms with van der Waals surface area (Å²) in [6, 6.07) is 7.12. The third kappa shape index (κ3) is 4.37. The second-order valence-corrected chi connectivity index (χ2v) is 6.40. The number of carbonyl (C=O) groups is 2. The fourth-order valence-electron chi connectivity index (χ4n) is 1.65. The number of hydrogen-bond donors (Lipinski definition) is 1. The number of ether oxygens (including phenoxy) is 1. The zero-order chi connectivity index (χ0) is 15.4. The summed E-state index contributed by atoms with van der Waals surface area (Å²) in [6.07, 6.45) is 0. The van der Waals surface area contributed by atoms with Gasteiger partial charge in [0, 0.05) is 10.2 Å². The minimum atomic E-state index is -0.524. The fourth-order valence-corrected chi connectivity index (χ4v) is 2.73. The Morgan fingerprint density at radius 2 is 1.95 bits per heavy atom. The van der Waals surface area contributed by atoms with Gasteiger partial charge in [0.25, 0.3) is 5.91 Å². The number of rotatable bonds is 4. The molecule has 2 rings (SSSR count). The van der Waals surface area contributed by atoms with Crippen LogP contribution in [-0.4, -0.2) is 23.5 Å². The summed E-state index contributed by atoms with van der Waals surface area (Å²) in [5, 5.41) is 3.44. The maximum atomic E-state index is 11.8. The molecule has 0 saturated carbocycles. The van der Waals surface area contributed by atoms with Crippen molar-refractivity contribution in [3.05, 3.63) is 44.3 Å². The number of nitrogens with zero attached hydrogens (tertiary/aromatic N) is 1. The normalized spacial score (nSPS) is 10.2. The first-order valence-corrected chi connectivity index (χ1v) is 7.73. The van der Waals surface area contributed by atoms with Gasteiger partial charge in [-0.15, -0.1) is 11.3 Å². The van der Waals surface area contributed by atoms with E-state index in [2.05, 4.69) is 26.2 Å². The first kappa shape index (κ1) is 15.7. The summed E-state index contributed by atoms with van der Waals surface area (Å²) in [7, 11) is 0. The van der Waals surface area contributed by atoms with Crippen LogP contribution in [0.3, 0.4) is 0 Å². The minimum Gasteiger partial charge on any atom is -0.451 e. The predicted octanol–water partition coefficient (Wildman–Crippen LogP) is 3.32. The van der Waals surface area contributed by atoms with Crippen molar-refractivity contribution in [2.45, 2.75) is 13.8 Å². The van der Waals surface area contributed by atoms with Crippen LogP contribution in [0.15, 0.2) is 28.7 Å². The second kappa shape index (κ2) is 6.82. The van der Waals surface area contributed by atoms with Gasteiger partial charge < -0.3 is 10.1 Å². The van der Waals surface area contributed by atoms with E-state index in [1.807, 2.05) is 19.1 Å². The molecule has 0 unspecified atom stereocenters. The summed E-state index contributed by atoms with van der Waals surface area (Å²) in [6.45, 7) is 3.22. The largest absolute Gasteiger partial charge is 0.451 e. The molecule has 0 radical (unpaired) electrons. The van der Waals surface area contributed by atoms with Gasteiger partial charge in [-0.05, 0) is 38.1 Å². The molecule has 0 aliphatic heterocycles. The van der Waals surface area contributed by atoms with Crippen LogP contribution in [0.2, 0.25) is 0 Å². The van der Waals surface area contributed by atoms with Crippen LogP contribution in [0.4, 0.5) is 5.69 Å². The van der Waals surface area contributed by atoms with E-state index in [-0.39, 0.29) is 12.5 Å². The Morgan fingerprint density at radius 1 is 1.29 bits per heavy atom. The van der Waals surface area contributed by atoms with E-state index in [0.717, 1.165) is 9.48 Å². The highest BCUT2D eigenvalue weighted by Crippen LogP contribution is 2.18. The first-order valence-electron chi connectivity index (χ1n) is 6.12. The molecule has 0 spiro atoms. The van der Waals surface area contributed by atoms with Gasteiger partial charge in [0.2, 0.25) is 0 Å². The van der Waals surface area contributed by atoms with Crippen molar-refractivity contribution in [2.24, 2.45) is 0 Å². The molecule has 2 aromatic rings. The van der Waals surface area contributed by atoms with Crippen LogP contribution in [0, 0.1) is 13.8 Å². The average molecular weight is 369 g/mol. The van der Waals surface area contributed by atoms with Gasteiger partial charge in [-0.3, -0.25) is 4.79 Å². The van der Waals surface area contributed by atoms with Gasteiger partial charge in [-0.2, -0.15) is 0 Å². The number of halogens is 1. The molecule has 1 N–H and O–H groups in total. The van der Waals surface area contributed by atoms with E-state index in [9.17, 15) is 9.59 Å². The Bertz CT molecular complexity index is 667. The van der Waals surface area contributed by atoms with E-state index in [4.69, 9.17) is 4.74 Å². The van der Waals surface area contributed by atoms with E-state index in [1.54, 1.807) is 19.1 Å². The van der Waals surface area contributed by atoms with Crippen molar-refractivity contribution in [2.75, 3.05) is 11.9 Å². The molecule has 1 aromatic heterocycles. The molecule has 5 nitrogen and oxygen atoms in total. The van der Waals surface area contributed by atoms with Gasteiger partial charge in [-0.25, -0.2) is 9.78 Å². The minimum absolute atomic E-state index is 0.328. The van der Waals surface area contributed by atoms with E-state index >= 15 is 0 Å². The lowest BCUT2D eigenvalue weighted by molar-refractivity contribution is -0.119. The van der Waals surface area contributed by atoms with Crippen molar-refractivity contribution in [1.29, 1.82) is 0 Å². The van der Waals surface area contributed by atoms with E-state index < -0.39 is 5.97 Å². The second-order valence-electron chi connectivity index (χ2n) is 4.28. The number of amides is 1.